The molecule has 9 nitrogen and oxygen atoms in total. The van der Waals surface area contributed by atoms with E-state index in [2.05, 4.69) is 37.0 Å². The number of hydrogen-bond acceptors (Lipinski definition) is 10. The average Bonchev–Trinajstić information content (AvgIpc) is 3.52. The number of nitrogens with zero attached hydrogens (tertiary/aromatic N) is 6. The van der Waals surface area contributed by atoms with Gasteiger partial charge in [0.15, 0.2) is 10.9 Å². The van der Waals surface area contributed by atoms with E-state index >= 15 is 4.39 Å². The molecule has 0 amide bonds. The van der Waals surface area contributed by atoms with E-state index in [1.165, 1.54) is 12.1 Å². The molecule has 2 aromatic carbocycles. The van der Waals surface area contributed by atoms with Crippen LogP contribution in [0.2, 0.25) is 5.02 Å². The van der Waals surface area contributed by atoms with Crippen LogP contribution in [0.5, 0.6) is 6.01 Å². The van der Waals surface area contributed by atoms with Crippen molar-refractivity contribution >= 4 is 55.0 Å². The molecule has 0 radical (unpaired) electrons. The van der Waals surface area contributed by atoms with Crippen LogP contribution in [0.1, 0.15) is 19.8 Å². The molecule has 0 saturated carbocycles. The van der Waals surface area contributed by atoms with E-state index in [1.54, 1.807) is 6.07 Å². The first-order chi connectivity index (χ1) is 20.2. The van der Waals surface area contributed by atoms with Gasteiger partial charge >= 0.3 is 6.01 Å². The van der Waals surface area contributed by atoms with E-state index in [-0.39, 0.29) is 43.6 Å². The summed E-state index contributed by atoms with van der Waals surface area (Å²) in [6.07, 6.45) is 1.97. The Balaban J connectivity index is 1.32. The molecule has 3 aliphatic heterocycles. The SMILES string of the molecule is C[C@@H](CN1CCN(C)CC1)Oc1nc(N2CC3CCC(C2)N3)c2cc(Cl)c(-c3ccc(F)c4sc(N)nc34)c(F)c2n1. The van der Waals surface area contributed by atoms with Gasteiger partial charge < -0.3 is 25.6 Å². The van der Waals surface area contributed by atoms with Gasteiger partial charge in [-0.3, -0.25) is 4.90 Å². The Bertz CT molecular complexity index is 1650. The minimum atomic E-state index is -0.629. The molecule has 2 unspecified atom stereocenters. The van der Waals surface area contributed by atoms with E-state index in [4.69, 9.17) is 27.1 Å². The van der Waals surface area contributed by atoms with Gasteiger partial charge in [-0.2, -0.15) is 9.97 Å². The van der Waals surface area contributed by atoms with Crippen molar-refractivity contribution in [1.82, 2.24) is 30.1 Å². The molecule has 13 heteroatoms. The maximum absolute atomic E-state index is 16.7. The quantitative estimate of drug-likeness (QED) is 0.328. The van der Waals surface area contributed by atoms with Crippen molar-refractivity contribution in [1.29, 1.82) is 0 Å². The highest BCUT2D eigenvalue weighted by Crippen LogP contribution is 2.43. The molecule has 2 aromatic heterocycles. The Morgan fingerprint density at radius 1 is 1.10 bits per heavy atom. The maximum atomic E-state index is 16.7. The summed E-state index contributed by atoms with van der Waals surface area (Å²) in [4.78, 5) is 20.6. The molecule has 3 saturated heterocycles. The van der Waals surface area contributed by atoms with Gasteiger partial charge in [0.25, 0.3) is 0 Å². The van der Waals surface area contributed by atoms with Gasteiger partial charge in [-0.05, 0) is 45.0 Å². The lowest BCUT2D eigenvalue weighted by molar-refractivity contribution is 0.0967. The van der Waals surface area contributed by atoms with Crippen molar-refractivity contribution in [2.24, 2.45) is 0 Å². The summed E-state index contributed by atoms with van der Waals surface area (Å²) in [7, 11) is 2.12. The second-order valence-corrected chi connectivity index (χ2v) is 13.1. The highest BCUT2D eigenvalue weighted by molar-refractivity contribution is 7.22. The van der Waals surface area contributed by atoms with Gasteiger partial charge in [0, 0.05) is 74.4 Å². The fourth-order valence-electron chi connectivity index (χ4n) is 6.48. The highest BCUT2D eigenvalue weighted by Gasteiger charge is 2.34. The minimum absolute atomic E-state index is 0.0981. The average molecular weight is 615 g/mol. The molecule has 3 atom stereocenters. The first-order valence-electron chi connectivity index (χ1n) is 14.4. The minimum Gasteiger partial charge on any atom is -0.459 e. The molecule has 3 fully saturated rings. The third-order valence-electron chi connectivity index (χ3n) is 8.56. The van der Waals surface area contributed by atoms with Crippen LogP contribution in [-0.2, 0) is 0 Å². The summed E-state index contributed by atoms with van der Waals surface area (Å²) in [6, 6.07) is 5.29. The summed E-state index contributed by atoms with van der Waals surface area (Å²) in [5, 5.41) is 4.51. The smallest absolute Gasteiger partial charge is 0.319 e. The zero-order chi connectivity index (χ0) is 29.1. The number of likely N-dealkylation sites (N-methyl/N-ethyl adjacent to an activating group) is 1. The molecule has 2 bridgehead atoms. The van der Waals surface area contributed by atoms with Gasteiger partial charge in [0.2, 0.25) is 0 Å². The van der Waals surface area contributed by atoms with Crippen LogP contribution in [-0.4, -0.2) is 95.8 Å². The number of aromatic nitrogens is 3. The van der Waals surface area contributed by atoms with Gasteiger partial charge in [0.1, 0.15) is 23.3 Å². The summed E-state index contributed by atoms with van der Waals surface area (Å²) in [6.45, 7) is 8.13. The topological polar surface area (TPSA) is 95.7 Å². The van der Waals surface area contributed by atoms with Crippen LogP contribution < -0.4 is 20.7 Å². The molecule has 5 heterocycles. The van der Waals surface area contributed by atoms with Crippen molar-refractivity contribution in [3.8, 4) is 17.1 Å². The third kappa shape index (κ3) is 5.13. The predicted molar refractivity (Wildman–Crippen MR) is 164 cm³/mol. The van der Waals surface area contributed by atoms with Crippen LogP contribution in [0.25, 0.3) is 32.2 Å². The first kappa shape index (κ1) is 27.9. The molecule has 4 aromatic rings. The van der Waals surface area contributed by atoms with Crippen molar-refractivity contribution < 1.29 is 13.5 Å². The largest absolute Gasteiger partial charge is 0.459 e. The molecule has 42 heavy (non-hydrogen) atoms. The second-order valence-electron chi connectivity index (χ2n) is 11.7. The first-order valence-corrected chi connectivity index (χ1v) is 15.6. The van der Waals surface area contributed by atoms with Crippen molar-refractivity contribution in [2.45, 2.75) is 38.0 Å². The summed E-state index contributed by atoms with van der Waals surface area (Å²) in [5.41, 5.74) is 6.73. The fourth-order valence-corrected chi connectivity index (χ4v) is 7.53. The van der Waals surface area contributed by atoms with E-state index in [0.717, 1.165) is 70.0 Å². The number of piperazine rings is 2. The lowest BCUT2D eigenvalue weighted by Gasteiger charge is -2.35. The van der Waals surface area contributed by atoms with Crippen molar-refractivity contribution in [3.63, 3.8) is 0 Å². The van der Waals surface area contributed by atoms with E-state index in [9.17, 15) is 4.39 Å². The zero-order valence-corrected chi connectivity index (χ0v) is 25.1. The van der Waals surface area contributed by atoms with E-state index in [1.807, 2.05) is 6.92 Å². The zero-order valence-electron chi connectivity index (χ0n) is 23.5. The number of benzene rings is 2. The number of nitrogens with two attached hydrogens (primary N) is 1. The molecule has 0 aliphatic carbocycles. The van der Waals surface area contributed by atoms with Gasteiger partial charge in [0.05, 0.1) is 15.2 Å². The molecule has 3 N–H and O–H groups in total. The predicted octanol–water partition coefficient (Wildman–Crippen LogP) is 4.38. The molecule has 3 aliphatic rings. The fraction of sp³-hybridized carbons (Fsp3) is 0.483. The third-order valence-corrected chi connectivity index (χ3v) is 9.75. The van der Waals surface area contributed by atoms with Crippen LogP contribution in [0.3, 0.4) is 0 Å². The monoisotopic (exact) mass is 614 g/mol. The number of rotatable bonds is 6. The number of hydrogen-bond donors (Lipinski definition) is 2. The highest BCUT2D eigenvalue weighted by atomic mass is 35.5. The number of fused-ring (bicyclic) bond motifs is 4. The number of halogens is 3. The number of nitrogen functional groups attached to an aromatic ring is 1. The van der Waals surface area contributed by atoms with Crippen LogP contribution >= 0.6 is 22.9 Å². The van der Waals surface area contributed by atoms with Crippen molar-refractivity contribution in [3.05, 3.63) is 34.9 Å². The lowest BCUT2D eigenvalue weighted by atomic mass is 10.0. The summed E-state index contributed by atoms with van der Waals surface area (Å²) < 4.78 is 37.8. The Kier molecular flexibility index (Phi) is 7.30. The van der Waals surface area contributed by atoms with E-state index < -0.39 is 11.6 Å². The van der Waals surface area contributed by atoms with Crippen LogP contribution in [0.4, 0.5) is 19.7 Å². The Morgan fingerprint density at radius 3 is 2.57 bits per heavy atom. The molecule has 0 spiro atoms. The van der Waals surface area contributed by atoms with E-state index in [0.29, 0.717) is 28.9 Å². The number of anilines is 2. The van der Waals surface area contributed by atoms with Gasteiger partial charge in [-0.25, -0.2) is 13.8 Å². The van der Waals surface area contributed by atoms with Crippen molar-refractivity contribution in [2.75, 3.05) is 63.5 Å². The number of ether oxygens (including phenoxy) is 1. The van der Waals surface area contributed by atoms with Gasteiger partial charge in [-0.15, -0.1) is 0 Å². The number of thiazole rings is 1. The normalized spacial score (nSPS) is 22.4. The van der Waals surface area contributed by atoms with Crippen LogP contribution in [0.15, 0.2) is 18.2 Å². The Morgan fingerprint density at radius 2 is 1.83 bits per heavy atom. The molecule has 7 rings (SSSR count). The Labute approximate surface area is 251 Å². The van der Waals surface area contributed by atoms with Gasteiger partial charge in [-0.1, -0.05) is 22.9 Å². The van der Waals surface area contributed by atoms with Crippen LogP contribution in [0, 0.1) is 11.6 Å². The number of nitrogens with one attached hydrogen (secondary N) is 1. The summed E-state index contributed by atoms with van der Waals surface area (Å²) in [5.74, 6) is -0.492. The molecule has 222 valence electrons. The second kappa shape index (κ2) is 11.0. The molecular formula is C29H33ClF2N8OS. The standard InChI is InChI=1S/C29H33ClF2N8OS/c1-15(12-39-9-7-38(2)8-10-39)41-29-36-24-19(27(37-29)40-13-16-3-4-17(14-40)34-16)11-20(30)22(23(24)32)18-5-6-21(31)26-25(18)35-28(33)42-26/h5-6,11,15-17,34H,3-4,7-10,12-14H2,1-2H3,(H2,33,35)/t15-,16?,17?/m0/s1. The molecular weight excluding hydrogens is 582 g/mol. The Hall–Kier alpha value is -2.90. The maximum Gasteiger partial charge on any atom is 0.319 e. The summed E-state index contributed by atoms with van der Waals surface area (Å²) >= 11 is 7.81. The lowest BCUT2D eigenvalue weighted by Crippen LogP contribution is -2.51.